The molecule has 6 heteroatoms. The number of phenols is 1. The van der Waals surface area contributed by atoms with Gasteiger partial charge >= 0.3 is 6.03 Å². The van der Waals surface area contributed by atoms with E-state index in [0.29, 0.717) is 11.1 Å². The number of amides is 4. The van der Waals surface area contributed by atoms with Gasteiger partial charge in [0.1, 0.15) is 5.75 Å². The van der Waals surface area contributed by atoms with Gasteiger partial charge in [-0.25, -0.2) is 9.69 Å². The van der Waals surface area contributed by atoms with Crippen molar-refractivity contribution in [2.45, 2.75) is 6.54 Å². The maximum atomic E-state index is 13.3. The monoisotopic (exact) mass is 372 g/mol. The van der Waals surface area contributed by atoms with Crippen molar-refractivity contribution in [1.82, 2.24) is 4.90 Å². The predicted octanol–water partition coefficient (Wildman–Crippen LogP) is 3.82. The average Bonchev–Trinajstić information content (AvgIpc) is 3.07. The maximum Gasteiger partial charge on any atom is 0.338 e. The molecule has 138 valence electrons. The van der Waals surface area contributed by atoms with Gasteiger partial charge in [-0.15, -0.1) is 0 Å². The number of rotatable bonds is 2. The first-order chi connectivity index (χ1) is 13.6. The van der Waals surface area contributed by atoms with E-state index >= 15 is 0 Å². The van der Waals surface area contributed by atoms with Gasteiger partial charge in [0.05, 0.1) is 12.2 Å². The van der Waals surface area contributed by atoms with Gasteiger partial charge in [-0.3, -0.25) is 14.5 Å². The van der Waals surface area contributed by atoms with Crippen molar-refractivity contribution in [3.63, 3.8) is 0 Å². The van der Waals surface area contributed by atoms with Gasteiger partial charge in [0, 0.05) is 11.1 Å². The van der Waals surface area contributed by atoms with E-state index < -0.39 is 17.8 Å². The smallest absolute Gasteiger partial charge is 0.338 e. The van der Waals surface area contributed by atoms with Gasteiger partial charge in [-0.05, 0) is 48.0 Å². The molecule has 3 aromatic carbocycles. The molecule has 0 atom stereocenters. The number of phenolic OH excluding ortho intramolecular Hbond substituents is 1. The molecule has 0 spiro atoms. The molecule has 0 aromatic heterocycles. The van der Waals surface area contributed by atoms with Crippen LogP contribution in [0.1, 0.15) is 26.3 Å². The van der Waals surface area contributed by atoms with Crippen LogP contribution in [-0.4, -0.2) is 27.9 Å². The fraction of sp³-hybridized carbons (Fsp3) is 0.0455. The van der Waals surface area contributed by atoms with Gasteiger partial charge < -0.3 is 5.11 Å². The highest BCUT2D eigenvalue weighted by Crippen LogP contribution is 2.27. The second-order valence-corrected chi connectivity index (χ2v) is 6.35. The zero-order valence-electron chi connectivity index (χ0n) is 14.8. The Bertz CT molecular complexity index is 1060. The molecule has 0 fully saturated rings. The summed E-state index contributed by atoms with van der Waals surface area (Å²) >= 11 is 0. The van der Waals surface area contributed by atoms with Crippen LogP contribution in [0.25, 0.3) is 0 Å². The number of benzene rings is 3. The van der Waals surface area contributed by atoms with E-state index in [-0.39, 0.29) is 18.0 Å². The highest BCUT2D eigenvalue weighted by Gasteiger charge is 2.37. The summed E-state index contributed by atoms with van der Waals surface area (Å²) in [5.74, 6) is -0.988. The minimum atomic E-state index is -0.735. The first kappa shape index (κ1) is 17.5. The van der Waals surface area contributed by atoms with Crippen LogP contribution in [0.3, 0.4) is 0 Å². The van der Waals surface area contributed by atoms with Gasteiger partial charge in [0.2, 0.25) is 0 Å². The fourth-order valence-electron chi connectivity index (χ4n) is 3.16. The van der Waals surface area contributed by atoms with Crippen molar-refractivity contribution in [3.8, 4) is 5.75 Å². The molecule has 28 heavy (non-hydrogen) atoms. The summed E-state index contributed by atoms with van der Waals surface area (Å²) in [6.45, 7) is 0.102. The van der Waals surface area contributed by atoms with Gasteiger partial charge in [0.15, 0.2) is 0 Å². The fourth-order valence-corrected chi connectivity index (χ4v) is 3.16. The molecule has 1 aliphatic heterocycles. The zero-order valence-corrected chi connectivity index (χ0v) is 14.8. The van der Waals surface area contributed by atoms with E-state index in [1.165, 1.54) is 24.3 Å². The quantitative estimate of drug-likeness (QED) is 0.742. The summed E-state index contributed by atoms with van der Waals surface area (Å²) in [5.41, 5.74) is 1.76. The van der Waals surface area contributed by atoms with Crippen LogP contribution >= 0.6 is 0 Å². The third-order valence-electron chi connectivity index (χ3n) is 4.58. The molecule has 0 saturated carbocycles. The van der Waals surface area contributed by atoms with Crippen molar-refractivity contribution in [3.05, 3.63) is 95.6 Å². The van der Waals surface area contributed by atoms with E-state index in [1.54, 1.807) is 54.6 Å². The number of hydrogen-bond donors (Lipinski definition) is 1. The van der Waals surface area contributed by atoms with Crippen molar-refractivity contribution in [2.75, 3.05) is 4.90 Å². The Labute approximate surface area is 161 Å². The Morgan fingerprint density at radius 3 is 2.18 bits per heavy atom. The van der Waals surface area contributed by atoms with Crippen LogP contribution < -0.4 is 4.90 Å². The van der Waals surface area contributed by atoms with E-state index in [0.717, 1.165) is 15.4 Å². The Morgan fingerprint density at radius 1 is 0.857 bits per heavy atom. The molecule has 0 bridgehead atoms. The zero-order chi connectivity index (χ0) is 19.7. The molecular weight excluding hydrogens is 356 g/mol. The number of carbonyl (C=O) groups is 3. The molecule has 3 aromatic rings. The molecule has 1 N–H and O–H groups in total. The molecule has 1 aliphatic rings. The molecule has 0 aliphatic carbocycles. The topological polar surface area (TPSA) is 77.9 Å². The lowest BCUT2D eigenvalue weighted by Crippen LogP contribution is -2.46. The number of imide groups is 2. The average molecular weight is 372 g/mol. The Morgan fingerprint density at radius 2 is 1.50 bits per heavy atom. The third-order valence-corrected chi connectivity index (χ3v) is 4.58. The Balaban J connectivity index is 1.73. The van der Waals surface area contributed by atoms with Crippen molar-refractivity contribution >= 4 is 23.5 Å². The van der Waals surface area contributed by atoms with Crippen molar-refractivity contribution in [2.24, 2.45) is 0 Å². The molecule has 0 unspecified atom stereocenters. The lowest BCUT2D eigenvalue weighted by Gasteiger charge is -2.25. The molecule has 1 heterocycles. The van der Waals surface area contributed by atoms with Crippen molar-refractivity contribution in [1.29, 1.82) is 0 Å². The molecule has 4 rings (SSSR count). The van der Waals surface area contributed by atoms with Crippen LogP contribution in [0.4, 0.5) is 10.5 Å². The van der Waals surface area contributed by atoms with Gasteiger partial charge in [-0.2, -0.15) is 0 Å². The summed E-state index contributed by atoms with van der Waals surface area (Å²) in [5, 5.41) is 9.55. The lowest BCUT2D eigenvalue weighted by molar-refractivity contribution is 0.0821. The van der Waals surface area contributed by atoms with E-state index in [2.05, 4.69) is 0 Å². The summed E-state index contributed by atoms with van der Waals surface area (Å²) < 4.78 is 0. The normalized spacial score (nSPS) is 12.6. The summed E-state index contributed by atoms with van der Waals surface area (Å²) in [4.78, 5) is 41.1. The van der Waals surface area contributed by atoms with Crippen LogP contribution in [0.5, 0.6) is 5.75 Å². The van der Waals surface area contributed by atoms with Crippen LogP contribution in [0.2, 0.25) is 0 Å². The van der Waals surface area contributed by atoms with Crippen LogP contribution in [-0.2, 0) is 6.54 Å². The van der Waals surface area contributed by atoms with E-state index in [1.807, 2.05) is 0 Å². The summed E-state index contributed by atoms with van der Waals surface area (Å²) in [6.07, 6.45) is 0. The number of fused-ring (bicyclic) bond motifs is 1. The van der Waals surface area contributed by atoms with E-state index in [9.17, 15) is 19.5 Å². The van der Waals surface area contributed by atoms with Gasteiger partial charge in [0.25, 0.3) is 11.8 Å². The number of carbonyl (C=O) groups excluding carboxylic acids is 3. The maximum absolute atomic E-state index is 13.3. The molecule has 4 amide bonds. The number of aromatic hydroxyl groups is 1. The standard InChI is InChI=1S/C22H16N2O4/c25-18-12-10-17(11-13-18)24(20(26)15-6-2-1-3-7-15)22(28)23-14-16-8-4-5-9-19(16)21(23)27/h1-13,25H,14H2. The minimum absolute atomic E-state index is 0.00737. The number of anilines is 1. The number of hydrogen-bond acceptors (Lipinski definition) is 4. The van der Waals surface area contributed by atoms with Crippen molar-refractivity contribution < 1.29 is 19.5 Å². The van der Waals surface area contributed by atoms with Gasteiger partial charge in [-0.1, -0.05) is 36.4 Å². The molecular formula is C22H16N2O4. The first-order valence-electron chi connectivity index (χ1n) is 8.68. The number of urea groups is 1. The highest BCUT2D eigenvalue weighted by molar-refractivity contribution is 6.24. The highest BCUT2D eigenvalue weighted by atomic mass is 16.3. The largest absolute Gasteiger partial charge is 0.508 e. The summed E-state index contributed by atoms with van der Waals surface area (Å²) in [6, 6.07) is 20.3. The molecule has 6 nitrogen and oxygen atoms in total. The minimum Gasteiger partial charge on any atom is -0.508 e. The van der Waals surface area contributed by atoms with E-state index in [4.69, 9.17) is 0 Å². The second-order valence-electron chi connectivity index (χ2n) is 6.35. The first-order valence-corrected chi connectivity index (χ1v) is 8.68. The third kappa shape index (κ3) is 3.01. The molecule has 0 saturated heterocycles. The van der Waals surface area contributed by atoms with Crippen LogP contribution in [0.15, 0.2) is 78.9 Å². The Hall–Kier alpha value is -3.93. The molecule has 0 radical (unpaired) electrons. The second kappa shape index (κ2) is 7.00. The Kier molecular flexibility index (Phi) is 4.37. The van der Waals surface area contributed by atoms with Crippen LogP contribution in [0, 0.1) is 0 Å². The SMILES string of the molecule is O=C1c2ccccc2CN1C(=O)N(C(=O)c1ccccc1)c1ccc(O)cc1. The lowest BCUT2D eigenvalue weighted by atomic mass is 10.1. The summed E-state index contributed by atoms with van der Waals surface area (Å²) in [7, 11) is 0. The predicted molar refractivity (Wildman–Crippen MR) is 103 cm³/mol. The number of nitrogens with zero attached hydrogens (tertiary/aromatic N) is 2.